The highest BCUT2D eigenvalue weighted by molar-refractivity contribution is 7.90. The minimum atomic E-state index is -4.15. The van der Waals surface area contributed by atoms with Crippen LogP contribution in [-0.4, -0.2) is 47.5 Å². The molecule has 2 aromatic heterocycles. The Bertz CT molecular complexity index is 1300. The summed E-state index contributed by atoms with van der Waals surface area (Å²) in [6.45, 7) is 3.72. The van der Waals surface area contributed by atoms with E-state index in [4.69, 9.17) is 9.84 Å². The van der Waals surface area contributed by atoms with Gasteiger partial charge >= 0.3 is 6.03 Å². The van der Waals surface area contributed by atoms with Crippen molar-refractivity contribution in [3.63, 3.8) is 0 Å². The maximum atomic E-state index is 12.8. The first-order chi connectivity index (χ1) is 16.3. The number of hydrogen-bond acceptors (Lipinski definition) is 7. The standard InChI is InChI=1S/C23H27N5O5S/c1-15(2)28-11-9-21(26-28)34(31,32)27-23(30)25-22-18-5-3-4-16(18)6-7-19(22)17-8-10-24-20(14-17)33-13-12-29/h6-11,14-15,29H,3-5,12-13H2,1-2H3,(H2,25,27,30). The molecule has 1 aliphatic rings. The van der Waals surface area contributed by atoms with Crippen LogP contribution in [0.25, 0.3) is 11.1 Å². The van der Waals surface area contributed by atoms with Gasteiger partial charge < -0.3 is 15.2 Å². The monoisotopic (exact) mass is 485 g/mol. The Kier molecular flexibility index (Phi) is 6.85. The normalized spacial score (nSPS) is 13.1. The fourth-order valence-electron chi connectivity index (χ4n) is 3.92. The Morgan fingerprint density at radius 3 is 2.79 bits per heavy atom. The van der Waals surface area contributed by atoms with Crippen LogP contribution in [0, 0.1) is 0 Å². The van der Waals surface area contributed by atoms with Crippen LogP contribution in [0.3, 0.4) is 0 Å². The average molecular weight is 486 g/mol. The van der Waals surface area contributed by atoms with Crippen LogP contribution in [0.4, 0.5) is 10.5 Å². The minimum absolute atomic E-state index is 0.0150. The molecule has 0 fully saturated rings. The van der Waals surface area contributed by atoms with Crippen molar-refractivity contribution in [1.82, 2.24) is 19.5 Å². The molecule has 0 bridgehead atoms. The molecule has 2 amide bonds. The zero-order valence-electron chi connectivity index (χ0n) is 19.0. The summed E-state index contributed by atoms with van der Waals surface area (Å²) in [5.74, 6) is 0.339. The molecule has 11 heteroatoms. The van der Waals surface area contributed by atoms with Crippen molar-refractivity contribution in [2.24, 2.45) is 0 Å². The van der Waals surface area contributed by atoms with Crippen molar-refractivity contribution in [3.8, 4) is 17.0 Å². The molecule has 3 N–H and O–H groups in total. The van der Waals surface area contributed by atoms with Crippen molar-refractivity contribution >= 4 is 21.7 Å². The number of nitrogens with zero attached hydrogens (tertiary/aromatic N) is 3. The highest BCUT2D eigenvalue weighted by atomic mass is 32.2. The van der Waals surface area contributed by atoms with Crippen molar-refractivity contribution in [3.05, 3.63) is 53.9 Å². The van der Waals surface area contributed by atoms with Gasteiger partial charge in [0.05, 0.1) is 12.3 Å². The summed E-state index contributed by atoms with van der Waals surface area (Å²) in [7, 11) is -4.15. The van der Waals surface area contributed by atoms with Crippen LogP contribution in [0.15, 0.2) is 47.8 Å². The van der Waals surface area contributed by atoms with Crippen LogP contribution < -0.4 is 14.8 Å². The topological polar surface area (TPSA) is 135 Å². The number of carbonyl (C=O) groups is 1. The summed E-state index contributed by atoms with van der Waals surface area (Å²) in [6.07, 6.45) is 5.73. The fourth-order valence-corrected chi connectivity index (χ4v) is 4.76. The molecule has 10 nitrogen and oxygen atoms in total. The number of benzene rings is 1. The van der Waals surface area contributed by atoms with Gasteiger partial charge in [0.2, 0.25) is 5.88 Å². The summed E-state index contributed by atoms with van der Waals surface area (Å²) in [5, 5.41) is 15.6. The Labute approximate surface area is 198 Å². The van der Waals surface area contributed by atoms with E-state index in [1.54, 1.807) is 24.5 Å². The molecule has 0 radical (unpaired) electrons. The van der Waals surface area contributed by atoms with E-state index in [-0.39, 0.29) is 24.3 Å². The summed E-state index contributed by atoms with van der Waals surface area (Å²) >= 11 is 0. The third kappa shape index (κ3) is 5.05. The summed E-state index contributed by atoms with van der Waals surface area (Å²) < 4.78 is 34.4. The van der Waals surface area contributed by atoms with Crippen LogP contribution >= 0.6 is 0 Å². The number of anilines is 1. The number of amides is 2. The molecule has 0 saturated carbocycles. The van der Waals surface area contributed by atoms with E-state index in [0.717, 1.165) is 36.0 Å². The van der Waals surface area contributed by atoms with Gasteiger partial charge in [0.15, 0.2) is 5.03 Å². The second kappa shape index (κ2) is 9.82. The number of carbonyl (C=O) groups excluding carboxylic acids is 1. The lowest BCUT2D eigenvalue weighted by Crippen LogP contribution is -2.35. The molecule has 3 aromatic rings. The third-order valence-electron chi connectivity index (χ3n) is 5.52. The second-order valence-electron chi connectivity index (χ2n) is 8.22. The third-order valence-corrected chi connectivity index (χ3v) is 6.75. The molecule has 0 unspecified atom stereocenters. The molecule has 0 spiro atoms. The van der Waals surface area contributed by atoms with Crippen molar-refractivity contribution < 1.29 is 23.1 Å². The Balaban J connectivity index is 1.62. The number of ether oxygens (including phenoxy) is 1. The zero-order chi connectivity index (χ0) is 24.3. The first-order valence-electron chi connectivity index (χ1n) is 11.0. The number of urea groups is 1. The Morgan fingerprint density at radius 1 is 1.24 bits per heavy atom. The fraction of sp³-hybridized carbons (Fsp3) is 0.348. The second-order valence-corrected chi connectivity index (χ2v) is 9.85. The Morgan fingerprint density at radius 2 is 2.06 bits per heavy atom. The van der Waals surface area contributed by atoms with Gasteiger partial charge in [-0.05, 0) is 61.9 Å². The quantitative estimate of drug-likeness (QED) is 0.446. The number of aromatic nitrogens is 3. The van der Waals surface area contributed by atoms with Gasteiger partial charge in [0, 0.05) is 30.1 Å². The summed E-state index contributed by atoms with van der Waals surface area (Å²) in [6, 6.07) is 7.87. The van der Waals surface area contributed by atoms with E-state index in [0.29, 0.717) is 17.1 Å². The highest BCUT2D eigenvalue weighted by Crippen LogP contribution is 2.38. The minimum Gasteiger partial charge on any atom is -0.475 e. The molecule has 0 aliphatic heterocycles. The molecule has 34 heavy (non-hydrogen) atoms. The van der Waals surface area contributed by atoms with Crippen molar-refractivity contribution in [2.45, 2.75) is 44.2 Å². The molecule has 4 rings (SSSR count). The van der Waals surface area contributed by atoms with Crippen LogP contribution in [-0.2, 0) is 22.9 Å². The van der Waals surface area contributed by atoms with Gasteiger partial charge in [-0.2, -0.15) is 13.5 Å². The van der Waals surface area contributed by atoms with Gasteiger partial charge in [-0.15, -0.1) is 0 Å². The maximum absolute atomic E-state index is 12.8. The lowest BCUT2D eigenvalue weighted by Gasteiger charge is -2.17. The number of fused-ring (bicyclic) bond motifs is 1. The number of aryl methyl sites for hydroxylation is 1. The maximum Gasteiger partial charge on any atom is 0.333 e. The summed E-state index contributed by atoms with van der Waals surface area (Å²) in [4.78, 5) is 17.0. The molecule has 2 heterocycles. The van der Waals surface area contributed by atoms with Gasteiger partial charge in [-0.3, -0.25) is 4.68 Å². The molecular formula is C23H27N5O5S. The lowest BCUT2D eigenvalue weighted by molar-refractivity contribution is 0.197. The van der Waals surface area contributed by atoms with E-state index in [2.05, 4.69) is 20.1 Å². The number of aliphatic hydroxyl groups is 1. The van der Waals surface area contributed by atoms with Crippen molar-refractivity contribution in [2.75, 3.05) is 18.5 Å². The first kappa shape index (κ1) is 23.7. The number of hydrogen-bond donors (Lipinski definition) is 3. The lowest BCUT2D eigenvalue weighted by atomic mass is 9.98. The largest absolute Gasteiger partial charge is 0.475 e. The molecule has 0 atom stereocenters. The number of pyridine rings is 1. The summed E-state index contributed by atoms with van der Waals surface area (Å²) in [5.41, 5.74) is 4.10. The van der Waals surface area contributed by atoms with E-state index >= 15 is 0 Å². The van der Waals surface area contributed by atoms with E-state index in [1.807, 2.05) is 26.0 Å². The molecule has 180 valence electrons. The van der Waals surface area contributed by atoms with Gasteiger partial charge in [-0.1, -0.05) is 12.1 Å². The number of sulfonamides is 1. The molecular weight excluding hydrogens is 458 g/mol. The van der Waals surface area contributed by atoms with E-state index in [9.17, 15) is 13.2 Å². The molecule has 1 aromatic carbocycles. The zero-order valence-corrected chi connectivity index (χ0v) is 19.8. The van der Waals surface area contributed by atoms with Gasteiger partial charge in [0.1, 0.15) is 6.61 Å². The smallest absolute Gasteiger partial charge is 0.333 e. The predicted octanol–water partition coefficient (Wildman–Crippen LogP) is 2.90. The SMILES string of the molecule is CC(C)n1ccc(S(=O)(=O)NC(=O)Nc2c(-c3ccnc(OCCO)c3)ccc3c2CCC3)n1. The van der Waals surface area contributed by atoms with Gasteiger partial charge in [-0.25, -0.2) is 14.5 Å². The molecule has 1 aliphatic carbocycles. The first-order valence-corrected chi connectivity index (χ1v) is 12.5. The average Bonchev–Trinajstić information content (AvgIpc) is 3.48. The number of nitrogens with one attached hydrogen (secondary N) is 2. The highest BCUT2D eigenvalue weighted by Gasteiger charge is 2.24. The van der Waals surface area contributed by atoms with Crippen LogP contribution in [0.5, 0.6) is 5.88 Å². The number of rotatable bonds is 8. The Hall–Kier alpha value is -3.44. The van der Waals surface area contributed by atoms with Crippen LogP contribution in [0.2, 0.25) is 0 Å². The van der Waals surface area contributed by atoms with Crippen molar-refractivity contribution in [1.29, 1.82) is 0 Å². The number of aliphatic hydroxyl groups excluding tert-OH is 1. The van der Waals surface area contributed by atoms with E-state index in [1.165, 1.54) is 10.7 Å². The van der Waals surface area contributed by atoms with Crippen LogP contribution in [0.1, 0.15) is 37.4 Å². The molecule has 0 saturated heterocycles. The predicted molar refractivity (Wildman–Crippen MR) is 126 cm³/mol. The van der Waals surface area contributed by atoms with Gasteiger partial charge in [0.25, 0.3) is 10.0 Å². The van der Waals surface area contributed by atoms with E-state index < -0.39 is 16.1 Å².